The van der Waals surface area contributed by atoms with Gasteiger partial charge in [0.25, 0.3) is 0 Å². The van der Waals surface area contributed by atoms with Crippen molar-refractivity contribution in [3.8, 4) is 0 Å². The molecule has 0 radical (unpaired) electrons. The average molecular weight is 430 g/mol. The zero-order valence-electron chi connectivity index (χ0n) is 18.0. The van der Waals surface area contributed by atoms with E-state index >= 15 is 0 Å². The molecule has 0 saturated heterocycles. The van der Waals surface area contributed by atoms with Crippen molar-refractivity contribution in [2.24, 2.45) is 5.16 Å². The predicted molar refractivity (Wildman–Crippen MR) is 118 cm³/mol. The number of fused-ring (bicyclic) bond motifs is 1. The molecule has 0 amide bonds. The van der Waals surface area contributed by atoms with Crippen LogP contribution in [0.4, 0.5) is 10.5 Å². The minimum Gasteiger partial charge on any atom is -0.450 e. The van der Waals surface area contributed by atoms with Crippen molar-refractivity contribution in [1.29, 1.82) is 0 Å². The van der Waals surface area contributed by atoms with Crippen LogP contribution in [0, 0.1) is 0 Å². The number of carboxylic acid groups (broad SMARTS) is 2. The first kappa shape index (κ1) is 21.4. The Morgan fingerprint density at radius 3 is 2.58 bits per heavy atom. The summed E-state index contributed by atoms with van der Waals surface area (Å²) in [4.78, 5) is 19.3. The molecule has 9 nitrogen and oxygen atoms in total. The van der Waals surface area contributed by atoms with Gasteiger partial charge in [-0.15, -0.1) is 0 Å². The number of aryl methyl sites for hydroxylation is 1. The Bertz CT molecular complexity index is 954. The first-order valence-corrected chi connectivity index (χ1v) is 11.3. The topological polar surface area (TPSA) is 122 Å². The molecule has 2 saturated carbocycles. The molecule has 1 spiro atoms. The quantitative estimate of drug-likeness (QED) is 0.634. The molecule has 2 aromatic rings. The molecule has 2 aromatic heterocycles. The van der Waals surface area contributed by atoms with Gasteiger partial charge >= 0.3 is 6.16 Å². The molecule has 9 heteroatoms. The highest BCUT2D eigenvalue weighted by Crippen LogP contribution is 2.42. The fourth-order valence-electron chi connectivity index (χ4n) is 5.04. The van der Waals surface area contributed by atoms with Crippen molar-refractivity contribution in [1.82, 2.24) is 14.8 Å². The van der Waals surface area contributed by atoms with E-state index in [2.05, 4.69) is 22.5 Å². The Kier molecular flexibility index (Phi) is 6.29. The van der Waals surface area contributed by atoms with Crippen LogP contribution in [0.15, 0.2) is 17.5 Å². The van der Waals surface area contributed by atoms with Crippen molar-refractivity contribution in [3.63, 3.8) is 0 Å². The summed E-state index contributed by atoms with van der Waals surface area (Å²) in [6.45, 7) is 2.93. The molecule has 0 unspecified atom stereocenters. The number of oxime groups is 1. The van der Waals surface area contributed by atoms with E-state index in [1.165, 1.54) is 44.9 Å². The minimum atomic E-state index is -1.83. The summed E-state index contributed by atoms with van der Waals surface area (Å²) in [6, 6.07) is 0.524. The van der Waals surface area contributed by atoms with Crippen molar-refractivity contribution in [2.45, 2.75) is 89.3 Å². The number of carbonyl (C=O) groups is 1. The van der Waals surface area contributed by atoms with Crippen LogP contribution in [-0.4, -0.2) is 48.5 Å². The lowest BCUT2D eigenvalue weighted by molar-refractivity contribution is -0.0126. The van der Waals surface area contributed by atoms with Crippen LogP contribution in [0.5, 0.6) is 0 Å². The smallest absolute Gasteiger partial charge is 0.450 e. The first-order valence-electron chi connectivity index (χ1n) is 11.3. The van der Waals surface area contributed by atoms with Gasteiger partial charge in [0, 0.05) is 30.8 Å². The highest BCUT2D eigenvalue weighted by atomic mass is 16.7. The van der Waals surface area contributed by atoms with Gasteiger partial charge in [-0.25, -0.2) is 14.5 Å². The fraction of sp³-hybridized carbons (Fsp3) is 0.636. The van der Waals surface area contributed by atoms with Gasteiger partial charge in [0.1, 0.15) is 5.60 Å². The lowest BCUT2D eigenvalue weighted by Gasteiger charge is -2.25. The maximum atomic E-state index is 8.56. The van der Waals surface area contributed by atoms with E-state index in [9.17, 15) is 0 Å². The number of nitrogens with zero attached hydrogens (tertiary/aromatic N) is 4. The summed E-state index contributed by atoms with van der Waals surface area (Å²) in [5.74, 6) is 0. The zero-order valence-corrected chi connectivity index (χ0v) is 18.0. The average Bonchev–Trinajstić information content (AvgIpc) is 3.49. The Hall–Kier alpha value is -2.84. The van der Waals surface area contributed by atoms with Crippen LogP contribution >= 0.6 is 0 Å². The third-order valence-corrected chi connectivity index (χ3v) is 6.58. The second-order valence-corrected chi connectivity index (χ2v) is 8.70. The van der Waals surface area contributed by atoms with Crippen LogP contribution in [-0.2, 0) is 11.4 Å². The molecule has 0 bridgehead atoms. The molecule has 5 rings (SSSR count). The van der Waals surface area contributed by atoms with E-state index in [0.29, 0.717) is 6.04 Å². The Morgan fingerprint density at radius 2 is 1.90 bits per heavy atom. The van der Waals surface area contributed by atoms with Crippen molar-refractivity contribution in [3.05, 3.63) is 18.0 Å². The van der Waals surface area contributed by atoms with Gasteiger partial charge in [-0.1, -0.05) is 24.4 Å². The molecule has 1 aliphatic heterocycles. The maximum Gasteiger partial charge on any atom is 0.503 e. The first-order chi connectivity index (χ1) is 15.0. The van der Waals surface area contributed by atoms with E-state index in [1.807, 2.05) is 17.1 Å². The van der Waals surface area contributed by atoms with Gasteiger partial charge in [-0.05, 0) is 45.4 Å². The number of rotatable bonds is 4. The van der Waals surface area contributed by atoms with Gasteiger partial charge in [0.2, 0.25) is 0 Å². The third kappa shape index (κ3) is 4.60. The standard InChI is InChI=1S/C21H29N5O.CH2O3/c1-2-26-20-17(14-23-26)19(24-15-8-4-3-5-9-15)16(13-22-20)18-12-21(27-25-18)10-6-7-11-21;2-1(3)4/h13-15H,2-12H2,1H3,(H,22,24);(H2,2,3,4). The second kappa shape index (κ2) is 9.11. The van der Waals surface area contributed by atoms with E-state index in [4.69, 9.17) is 24.8 Å². The third-order valence-electron chi connectivity index (χ3n) is 6.58. The lowest BCUT2D eigenvalue weighted by Crippen LogP contribution is -2.26. The normalized spacial score (nSPS) is 20.2. The number of anilines is 1. The van der Waals surface area contributed by atoms with E-state index in [0.717, 1.165) is 53.8 Å². The Balaban J connectivity index is 0.000000535. The van der Waals surface area contributed by atoms with Gasteiger partial charge in [-0.3, -0.25) is 0 Å². The van der Waals surface area contributed by atoms with Crippen LogP contribution in [0.3, 0.4) is 0 Å². The summed E-state index contributed by atoms with van der Waals surface area (Å²) in [7, 11) is 0. The van der Waals surface area contributed by atoms with E-state index in [1.54, 1.807) is 0 Å². The van der Waals surface area contributed by atoms with Gasteiger partial charge in [0.15, 0.2) is 5.65 Å². The van der Waals surface area contributed by atoms with Gasteiger partial charge < -0.3 is 20.4 Å². The highest BCUT2D eigenvalue weighted by molar-refractivity contribution is 6.10. The van der Waals surface area contributed by atoms with Gasteiger partial charge in [-0.2, -0.15) is 5.10 Å². The molecule has 3 aliphatic rings. The number of pyridine rings is 1. The van der Waals surface area contributed by atoms with Crippen molar-refractivity contribution < 1.29 is 19.8 Å². The number of hydrogen-bond acceptors (Lipinski definition) is 6. The molecule has 0 atom stereocenters. The Morgan fingerprint density at radius 1 is 1.19 bits per heavy atom. The molecule has 3 heterocycles. The monoisotopic (exact) mass is 429 g/mol. The SMILES string of the molecule is CCn1ncc2c(NC3CCCCC3)c(C3=NOC4(CCCC4)C3)cnc21.O=C(O)O. The predicted octanol–water partition coefficient (Wildman–Crippen LogP) is 4.86. The van der Waals surface area contributed by atoms with Crippen molar-refractivity contribution >= 4 is 28.6 Å². The van der Waals surface area contributed by atoms with Crippen LogP contribution in [0.25, 0.3) is 11.0 Å². The minimum absolute atomic E-state index is 0.0556. The van der Waals surface area contributed by atoms with Crippen LogP contribution < -0.4 is 5.32 Å². The van der Waals surface area contributed by atoms with E-state index < -0.39 is 6.16 Å². The second-order valence-electron chi connectivity index (χ2n) is 8.70. The molecule has 168 valence electrons. The van der Waals surface area contributed by atoms with Crippen LogP contribution in [0.1, 0.15) is 76.7 Å². The van der Waals surface area contributed by atoms with Crippen LogP contribution in [0.2, 0.25) is 0 Å². The summed E-state index contributed by atoms with van der Waals surface area (Å²) >= 11 is 0. The molecule has 31 heavy (non-hydrogen) atoms. The van der Waals surface area contributed by atoms with Gasteiger partial charge in [0.05, 0.1) is 23.0 Å². The lowest BCUT2D eigenvalue weighted by atomic mass is 9.91. The fourth-order valence-corrected chi connectivity index (χ4v) is 5.04. The molecule has 3 N–H and O–H groups in total. The van der Waals surface area contributed by atoms with E-state index in [-0.39, 0.29) is 5.60 Å². The molecule has 0 aromatic carbocycles. The molecular weight excluding hydrogens is 398 g/mol. The maximum absolute atomic E-state index is 8.56. The molecule has 2 fully saturated rings. The number of aromatic nitrogens is 3. The Labute approximate surface area is 181 Å². The zero-order chi connectivity index (χ0) is 21.8. The number of hydrogen-bond donors (Lipinski definition) is 3. The highest BCUT2D eigenvalue weighted by Gasteiger charge is 2.42. The van der Waals surface area contributed by atoms with Crippen molar-refractivity contribution in [2.75, 3.05) is 5.32 Å². The number of nitrogens with one attached hydrogen (secondary N) is 1. The largest absolute Gasteiger partial charge is 0.503 e. The molecular formula is C22H31N5O4. The summed E-state index contributed by atoms with van der Waals surface area (Å²) in [5, 5.41) is 28.0. The molecule has 2 aliphatic carbocycles. The summed E-state index contributed by atoms with van der Waals surface area (Å²) in [5.41, 5.74) is 4.21. The summed E-state index contributed by atoms with van der Waals surface area (Å²) in [6.07, 6.45) is 14.2. The summed E-state index contributed by atoms with van der Waals surface area (Å²) < 4.78 is 1.97.